The highest BCUT2D eigenvalue weighted by molar-refractivity contribution is 5.89. The summed E-state index contributed by atoms with van der Waals surface area (Å²) in [6.45, 7) is 0. The van der Waals surface area contributed by atoms with Crippen LogP contribution < -0.4 is 15.5 Å². The van der Waals surface area contributed by atoms with Gasteiger partial charge in [0.1, 0.15) is 0 Å². The molecule has 8 aromatic rings. The van der Waals surface area contributed by atoms with Gasteiger partial charge < -0.3 is 9.47 Å². The average Bonchev–Trinajstić information content (AvgIpc) is 3.53. The second-order valence-corrected chi connectivity index (χ2v) is 12.9. The summed E-state index contributed by atoms with van der Waals surface area (Å²) in [7, 11) is 0. The van der Waals surface area contributed by atoms with Gasteiger partial charge in [-0.2, -0.15) is 0 Å². The fraction of sp³-hybridized carbons (Fsp3) is 0.0417. The van der Waals surface area contributed by atoms with Crippen molar-refractivity contribution >= 4 is 34.4 Å². The highest BCUT2D eigenvalue weighted by atomic mass is 15.2. The Balaban J connectivity index is 1.12. The largest absolute Gasteiger partial charge is 0.334 e. The lowest BCUT2D eigenvalue weighted by Crippen LogP contribution is -2.39. The molecule has 1 aromatic heterocycles. The topological polar surface area (TPSA) is 8.17 Å². The number of anilines is 2. The highest BCUT2D eigenvalue weighted by Gasteiger charge is 2.22. The first-order valence-corrected chi connectivity index (χ1v) is 17.4. The summed E-state index contributed by atoms with van der Waals surface area (Å²) in [5.74, 6) is 0. The average molecular weight is 641 g/mol. The van der Waals surface area contributed by atoms with Gasteiger partial charge in [0, 0.05) is 27.7 Å². The molecule has 9 rings (SSSR count). The van der Waals surface area contributed by atoms with Crippen LogP contribution in [0, 0.1) is 0 Å². The van der Waals surface area contributed by atoms with Crippen LogP contribution in [0.2, 0.25) is 0 Å². The van der Waals surface area contributed by atoms with Crippen molar-refractivity contribution in [2.75, 3.05) is 4.90 Å². The van der Waals surface area contributed by atoms with Gasteiger partial charge in [0.25, 0.3) is 0 Å². The molecule has 0 bridgehead atoms. The fourth-order valence-electron chi connectivity index (χ4n) is 7.47. The molecule has 0 saturated carbocycles. The SMILES string of the molecule is C1=c2c(n(-c3ccccc3)c3ccc(-c4ccc(-c5ccc(-c6ccccc6)cc5)cc4)cc23)=CC(N(c2ccccc2)c2ccccc2)C1. The van der Waals surface area contributed by atoms with Crippen LogP contribution in [0.1, 0.15) is 6.42 Å². The molecule has 2 nitrogen and oxygen atoms in total. The Morgan fingerprint density at radius 3 is 1.42 bits per heavy atom. The molecule has 1 unspecified atom stereocenters. The number of para-hydroxylation sites is 3. The number of aromatic nitrogens is 1. The molecule has 2 heteroatoms. The Morgan fingerprint density at radius 2 is 0.880 bits per heavy atom. The molecule has 1 heterocycles. The van der Waals surface area contributed by atoms with E-state index in [0.29, 0.717) is 0 Å². The molecule has 50 heavy (non-hydrogen) atoms. The first-order valence-electron chi connectivity index (χ1n) is 17.4. The summed E-state index contributed by atoms with van der Waals surface area (Å²) in [5, 5.41) is 3.83. The second-order valence-electron chi connectivity index (χ2n) is 12.9. The molecule has 0 aliphatic heterocycles. The monoisotopic (exact) mass is 640 g/mol. The van der Waals surface area contributed by atoms with E-state index in [4.69, 9.17) is 0 Å². The minimum absolute atomic E-state index is 0.160. The van der Waals surface area contributed by atoms with Crippen molar-refractivity contribution in [1.82, 2.24) is 4.57 Å². The smallest absolute Gasteiger partial charge is 0.0580 e. The first kappa shape index (κ1) is 29.7. The lowest BCUT2D eigenvalue weighted by Gasteiger charge is -2.32. The van der Waals surface area contributed by atoms with Crippen LogP contribution in [0.25, 0.3) is 62.1 Å². The third-order valence-electron chi connectivity index (χ3n) is 9.92. The zero-order valence-corrected chi connectivity index (χ0v) is 27.7. The molecule has 0 radical (unpaired) electrons. The predicted octanol–water partition coefficient (Wildman–Crippen LogP) is 10.8. The summed E-state index contributed by atoms with van der Waals surface area (Å²) >= 11 is 0. The minimum Gasteiger partial charge on any atom is -0.334 e. The number of fused-ring (bicyclic) bond motifs is 3. The van der Waals surface area contributed by atoms with E-state index in [-0.39, 0.29) is 6.04 Å². The standard InChI is InChI=1S/C48H36N2/c1-5-13-35(14-6-1)36-21-23-37(24-22-36)38-25-27-39(28-26-38)40-29-32-47-46(33-40)45-31-30-44(34-48(45)50(47)43-19-11-4-12-20-43)49(41-15-7-2-8-16-41)42-17-9-3-10-18-42/h1-29,31-34,44H,30H2. The van der Waals surface area contributed by atoms with Crippen molar-refractivity contribution < 1.29 is 0 Å². The van der Waals surface area contributed by atoms with E-state index in [1.165, 1.54) is 71.9 Å². The van der Waals surface area contributed by atoms with Crippen LogP contribution >= 0.6 is 0 Å². The normalized spacial score (nSPS) is 13.6. The van der Waals surface area contributed by atoms with Gasteiger partial charge in [0.15, 0.2) is 0 Å². The zero-order valence-electron chi connectivity index (χ0n) is 27.7. The maximum atomic E-state index is 2.47. The maximum Gasteiger partial charge on any atom is 0.0580 e. The molecule has 0 fully saturated rings. The van der Waals surface area contributed by atoms with Gasteiger partial charge in [-0.05, 0) is 94.4 Å². The number of nitrogens with zero attached hydrogens (tertiary/aromatic N) is 2. The van der Waals surface area contributed by atoms with Crippen molar-refractivity contribution in [2.24, 2.45) is 0 Å². The Hall–Kier alpha value is -6.38. The Bertz CT molecular complexity index is 2480. The van der Waals surface area contributed by atoms with Gasteiger partial charge in [0.2, 0.25) is 0 Å². The van der Waals surface area contributed by atoms with Crippen LogP contribution in [0.15, 0.2) is 188 Å². The van der Waals surface area contributed by atoms with Crippen molar-refractivity contribution in [3.05, 3.63) is 199 Å². The molecule has 0 saturated heterocycles. The third kappa shape index (κ3) is 5.51. The number of benzene rings is 7. The van der Waals surface area contributed by atoms with Crippen molar-refractivity contribution in [1.29, 1.82) is 0 Å². The molecule has 0 spiro atoms. The van der Waals surface area contributed by atoms with Crippen LogP contribution in [-0.2, 0) is 0 Å². The van der Waals surface area contributed by atoms with E-state index < -0.39 is 0 Å². The Labute approximate surface area is 293 Å². The van der Waals surface area contributed by atoms with Crippen LogP contribution in [0.3, 0.4) is 0 Å². The second kappa shape index (κ2) is 12.9. The summed E-state index contributed by atoms with van der Waals surface area (Å²) in [6, 6.07) is 67.8. The van der Waals surface area contributed by atoms with Crippen molar-refractivity contribution in [3.63, 3.8) is 0 Å². The van der Waals surface area contributed by atoms with Gasteiger partial charge in [-0.25, -0.2) is 0 Å². The van der Waals surface area contributed by atoms with E-state index in [9.17, 15) is 0 Å². The van der Waals surface area contributed by atoms with Gasteiger partial charge in [-0.1, -0.05) is 146 Å². The van der Waals surface area contributed by atoms with Crippen molar-refractivity contribution in [3.8, 4) is 39.1 Å². The summed E-state index contributed by atoms with van der Waals surface area (Å²) in [5.41, 5.74) is 12.1. The lowest BCUT2D eigenvalue weighted by atomic mass is 9.97. The van der Waals surface area contributed by atoms with E-state index in [1.54, 1.807) is 0 Å². The van der Waals surface area contributed by atoms with Crippen LogP contribution in [-0.4, -0.2) is 10.6 Å². The summed E-state index contributed by atoms with van der Waals surface area (Å²) < 4.78 is 2.44. The van der Waals surface area contributed by atoms with Crippen molar-refractivity contribution in [2.45, 2.75) is 12.5 Å². The van der Waals surface area contributed by atoms with Gasteiger partial charge >= 0.3 is 0 Å². The molecule has 7 aromatic carbocycles. The Kier molecular flexibility index (Phi) is 7.68. The van der Waals surface area contributed by atoms with Gasteiger partial charge in [-0.15, -0.1) is 0 Å². The van der Waals surface area contributed by atoms with Gasteiger partial charge in [-0.3, -0.25) is 0 Å². The molecular formula is C48H36N2. The van der Waals surface area contributed by atoms with E-state index in [2.05, 4.69) is 210 Å². The molecular weight excluding hydrogens is 605 g/mol. The van der Waals surface area contributed by atoms with Crippen LogP contribution in [0.4, 0.5) is 11.4 Å². The number of rotatable bonds is 7. The van der Waals surface area contributed by atoms with E-state index in [1.807, 2.05) is 0 Å². The quantitative estimate of drug-likeness (QED) is 0.168. The van der Waals surface area contributed by atoms with Crippen LogP contribution in [0.5, 0.6) is 0 Å². The minimum atomic E-state index is 0.160. The molecule has 0 amide bonds. The van der Waals surface area contributed by atoms with E-state index in [0.717, 1.165) is 6.42 Å². The number of hydrogen-bond donors (Lipinski definition) is 0. The molecule has 1 atom stereocenters. The summed E-state index contributed by atoms with van der Waals surface area (Å²) in [4.78, 5) is 2.47. The van der Waals surface area contributed by atoms with Gasteiger partial charge in [0.05, 0.1) is 16.9 Å². The molecule has 238 valence electrons. The zero-order chi connectivity index (χ0) is 33.3. The van der Waals surface area contributed by atoms with E-state index >= 15 is 0 Å². The molecule has 0 N–H and O–H groups in total. The fourth-order valence-corrected chi connectivity index (χ4v) is 7.47. The third-order valence-corrected chi connectivity index (χ3v) is 9.92. The highest BCUT2D eigenvalue weighted by Crippen LogP contribution is 2.32. The summed E-state index contributed by atoms with van der Waals surface area (Å²) in [6.07, 6.45) is 5.83. The first-order chi connectivity index (χ1) is 24.8. The Morgan fingerprint density at radius 1 is 0.440 bits per heavy atom. The maximum absolute atomic E-state index is 2.47. The number of hydrogen-bond acceptors (Lipinski definition) is 1. The predicted molar refractivity (Wildman–Crippen MR) is 211 cm³/mol. The molecule has 1 aliphatic carbocycles. The molecule has 1 aliphatic rings. The lowest BCUT2D eigenvalue weighted by molar-refractivity contribution is 0.829.